The zero-order valence-corrected chi connectivity index (χ0v) is 12.9. The van der Waals surface area contributed by atoms with Crippen LogP contribution in [0.2, 0.25) is 5.02 Å². The van der Waals surface area contributed by atoms with E-state index in [-0.39, 0.29) is 0 Å². The van der Waals surface area contributed by atoms with Crippen molar-refractivity contribution < 1.29 is 14.6 Å². The molecular weight excluding hydrogens is 280 g/mol. The number of methoxy groups -OCH3 is 1. The van der Waals surface area contributed by atoms with Crippen LogP contribution < -0.4 is 0 Å². The third-order valence-electron chi connectivity index (χ3n) is 3.98. The van der Waals surface area contributed by atoms with Crippen LogP contribution in [0.3, 0.4) is 0 Å². The third kappa shape index (κ3) is 3.01. The molecule has 0 spiro atoms. The molecule has 0 bridgehead atoms. The molecule has 1 N–H and O–H groups in total. The van der Waals surface area contributed by atoms with Gasteiger partial charge in [0.05, 0.1) is 35.7 Å². The molecule has 114 valence electrons. The third-order valence-corrected chi connectivity index (χ3v) is 4.27. The molecule has 1 aromatic heterocycles. The normalized spacial score (nSPS) is 19.4. The maximum Gasteiger partial charge on any atom is 0.126 e. The quantitative estimate of drug-likeness (QED) is 0.841. The van der Waals surface area contributed by atoms with Gasteiger partial charge in [-0.25, -0.2) is 0 Å². The second kappa shape index (κ2) is 6.89. The fraction of sp³-hybridized carbons (Fsp3) is 0.786. The number of ether oxygens (including phenoxy) is 2. The lowest BCUT2D eigenvalue weighted by molar-refractivity contribution is -0.121. The van der Waals surface area contributed by atoms with Crippen molar-refractivity contribution in [3.8, 4) is 0 Å². The second-order valence-corrected chi connectivity index (χ2v) is 5.61. The fourth-order valence-corrected chi connectivity index (χ4v) is 3.25. The SMILES string of the molecule is CCOC1(C(O)c2c(Cl)cnn2CCOC)CCCC1. The molecule has 1 unspecified atom stereocenters. The van der Waals surface area contributed by atoms with E-state index in [2.05, 4.69) is 5.10 Å². The first kappa shape index (κ1) is 15.8. The Morgan fingerprint density at radius 3 is 2.80 bits per heavy atom. The predicted molar refractivity (Wildman–Crippen MR) is 76.9 cm³/mol. The molecule has 6 heteroatoms. The average molecular weight is 303 g/mol. The van der Waals surface area contributed by atoms with Gasteiger partial charge in [-0.1, -0.05) is 24.4 Å². The zero-order valence-electron chi connectivity index (χ0n) is 12.1. The van der Waals surface area contributed by atoms with Crippen LogP contribution in [0.25, 0.3) is 0 Å². The molecule has 20 heavy (non-hydrogen) atoms. The van der Waals surface area contributed by atoms with Gasteiger partial charge in [-0.2, -0.15) is 5.10 Å². The van der Waals surface area contributed by atoms with E-state index >= 15 is 0 Å². The summed E-state index contributed by atoms with van der Waals surface area (Å²) in [4.78, 5) is 0. The van der Waals surface area contributed by atoms with Crippen molar-refractivity contribution in [2.45, 2.75) is 50.9 Å². The Morgan fingerprint density at radius 1 is 1.50 bits per heavy atom. The highest BCUT2D eigenvalue weighted by Gasteiger charge is 2.44. The number of hydrogen-bond acceptors (Lipinski definition) is 4. The van der Waals surface area contributed by atoms with Crippen molar-refractivity contribution >= 4 is 11.6 Å². The Bertz CT molecular complexity index is 430. The van der Waals surface area contributed by atoms with Crippen LogP contribution in [0.4, 0.5) is 0 Å². The molecule has 1 aromatic rings. The molecule has 1 aliphatic rings. The van der Waals surface area contributed by atoms with E-state index in [0.717, 1.165) is 25.7 Å². The van der Waals surface area contributed by atoms with Crippen LogP contribution in [0.1, 0.15) is 44.4 Å². The van der Waals surface area contributed by atoms with Crippen molar-refractivity contribution in [1.82, 2.24) is 9.78 Å². The Hall–Kier alpha value is -0.620. The first-order valence-corrected chi connectivity index (χ1v) is 7.54. The standard InChI is InChI=1S/C14H23ClN2O3/c1-3-20-14(6-4-5-7-14)13(18)12-11(15)10-16-17(12)8-9-19-2/h10,13,18H,3-9H2,1-2H3. The van der Waals surface area contributed by atoms with Crippen LogP contribution in [0.15, 0.2) is 6.20 Å². The maximum atomic E-state index is 10.8. The number of aliphatic hydroxyl groups is 1. The Morgan fingerprint density at radius 2 is 2.20 bits per heavy atom. The summed E-state index contributed by atoms with van der Waals surface area (Å²) in [6.45, 7) is 3.63. The summed E-state index contributed by atoms with van der Waals surface area (Å²) < 4.78 is 12.7. The first-order chi connectivity index (χ1) is 9.64. The minimum Gasteiger partial charge on any atom is -0.384 e. The second-order valence-electron chi connectivity index (χ2n) is 5.20. The van der Waals surface area contributed by atoms with Crippen molar-refractivity contribution in [3.05, 3.63) is 16.9 Å². The summed E-state index contributed by atoms with van der Waals surface area (Å²) >= 11 is 6.22. The van der Waals surface area contributed by atoms with Gasteiger partial charge < -0.3 is 14.6 Å². The number of rotatable bonds is 7. The zero-order chi connectivity index (χ0) is 14.6. The maximum absolute atomic E-state index is 10.8. The highest BCUT2D eigenvalue weighted by atomic mass is 35.5. The molecule has 5 nitrogen and oxygen atoms in total. The molecule has 1 heterocycles. The van der Waals surface area contributed by atoms with Gasteiger partial charge in [0.15, 0.2) is 0 Å². The van der Waals surface area contributed by atoms with Crippen molar-refractivity contribution in [3.63, 3.8) is 0 Å². The summed E-state index contributed by atoms with van der Waals surface area (Å²) in [7, 11) is 1.64. The average Bonchev–Trinajstić information content (AvgIpc) is 3.04. The molecule has 0 saturated heterocycles. The van der Waals surface area contributed by atoms with E-state index < -0.39 is 11.7 Å². The van der Waals surface area contributed by atoms with E-state index in [1.54, 1.807) is 18.0 Å². The van der Waals surface area contributed by atoms with E-state index in [1.807, 2.05) is 6.92 Å². The van der Waals surface area contributed by atoms with Crippen LogP contribution in [-0.4, -0.2) is 40.8 Å². The number of halogens is 1. The monoisotopic (exact) mass is 302 g/mol. The van der Waals surface area contributed by atoms with Gasteiger partial charge in [0.2, 0.25) is 0 Å². The molecule has 0 aliphatic heterocycles. The van der Waals surface area contributed by atoms with E-state index in [4.69, 9.17) is 21.1 Å². The molecule has 1 aliphatic carbocycles. The van der Waals surface area contributed by atoms with Crippen molar-refractivity contribution in [2.75, 3.05) is 20.3 Å². The van der Waals surface area contributed by atoms with Gasteiger partial charge in [0, 0.05) is 13.7 Å². The molecule has 1 saturated carbocycles. The highest BCUT2D eigenvalue weighted by molar-refractivity contribution is 6.31. The topological polar surface area (TPSA) is 56.5 Å². The Balaban J connectivity index is 2.26. The Labute approximate surface area is 124 Å². The van der Waals surface area contributed by atoms with Gasteiger partial charge in [-0.3, -0.25) is 4.68 Å². The summed E-state index contributed by atoms with van der Waals surface area (Å²) in [6, 6.07) is 0. The summed E-state index contributed by atoms with van der Waals surface area (Å²) in [5, 5.41) is 15.6. The van der Waals surface area contributed by atoms with Gasteiger partial charge in [0.1, 0.15) is 6.10 Å². The molecule has 0 radical (unpaired) electrons. The molecule has 0 amide bonds. The minimum atomic E-state index is -0.753. The fourth-order valence-electron chi connectivity index (χ4n) is 3.01. The lowest BCUT2D eigenvalue weighted by atomic mass is 9.92. The largest absolute Gasteiger partial charge is 0.384 e. The number of aromatic nitrogens is 2. The summed E-state index contributed by atoms with van der Waals surface area (Å²) in [5.41, 5.74) is 0.113. The van der Waals surface area contributed by atoms with Gasteiger partial charge in [0.25, 0.3) is 0 Å². The molecule has 0 aromatic carbocycles. The molecule has 1 atom stereocenters. The van der Waals surface area contributed by atoms with E-state index in [9.17, 15) is 5.11 Å². The summed E-state index contributed by atoms with van der Waals surface area (Å²) in [5.74, 6) is 0. The predicted octanol–water partition coefficient (Wildman–Crippen LogP) is 2.57. The number of nitrogens with zero attached hydrogens (tertiary/aromatic N) is 2. The van der Waals surface area contributed by atoms with E-state index in [1.165, 1.54) is 0 Å². The highest BCUT2D eigenvalue weighted by Crippen LogP contribution is 2.44. The van der Waals surface area contributed by atoms with Crippen LogP contribution in [0.5, 0.6) is 0 Å². The first-order valence-electron chi connectivity index (χ1n) is 7.17. The van der Waals surface area contributed by atoms with E-state index in [0.29, 0.717) is 30.5 Å². The van der Waals surface area contributed by atoms with Crippen LogP contribution >= 0.6 is 11.6 Å². The number of hydrogen-bond donors (Lipinski definition) is 1. The van der Waals surface area contributed by atoms with Crippen molar-refractivity contribution in [2.24, 2.45) is 0 Å². The molecule has 1 fully saturated rings. The Kier molecular flexibility index (Phi) is 5.43. The van der Waals surface area contributed by atoms with Gasteiger partial charge in [-0.15, -0.1) is 0 Å². The lowest BCUT2D eigenvalue weighted by Gasteiger charge is -2.34. The molecular formula is C14H23ClN2O3. The lowest BCUT2D eigenvalue weighted by Crippen LogP contribution is -2.38. The minimum absolute atomic E-state index is 0.486. The van der Waals surface area contributed by atoms with Gasteiger partial charge in [-0.05, 0) is 19.8 Å². The van der Waals surface area contributed by atoms with Crippen LogP contribution in [-0.2, 0) is 16.0 Å². The molecule has 2 rings (SSSR count). The smallest absolute Gasteiger partial charge is 0.126 e. The number of aliphatic hydroxyl groups excluding tert-OH is 1. The van der Waals surface area contributed by atoms with Crippen molar-refractivity contribution in [1.29, 1.82) is 0 Å². The summed E-state index contributed by atoms with van der Waals surface area (Å²) in [6.07, 6.45) is 4.67. The van der Waals surface area contributed by atoms with Crippen LogP contribution in [0, 0.1) is 0 Å². The van der Waals surface area contributed by atoms with Gasteiger partial charge >= 0.3 is 0 Å².